The number of phenols is 1. The van der Waals surface area contributed by atoms with E-state index in [1.54, 1.807) is 6.92 Å². The lowest BCUT2D eigenvalue weighted by atomic mass is 9.96. The van der Waals surface area contributed by atoms with Crippen molar-refractivity contribution in [1.29, 1.82) is 0 Å². The molecule has 1 N–H and O–H groups in total. The first-order chi connectivity index (χ1) is 7.10. The summed E-state index contributed by atoms with van der Waals surface area (Å²) in [6.07, 6.45) is 1.02. The van der Waals surface area contributed by atoms with Gasteiger partial charge in [0, 0.05) is 24.1 Å². The summed E-state index contributed by atoms with van der Waals surface area (Å²) >= 11 is 0. The molecule has 0 bridgehead atoms. The van der Waals surface area contributed by atoms with Crippen LogP contribution in [-0.2, 0) is 4.79 Å². The molecule has 0 saturated heterocycles. The zero-order valence-electron chi connectivity index (χ0n) is 8.66. The van der Waals surface area contributed by atoms with Crippen molar-refractivity contribution in [2.45, 2.75) is 19.3 Å². The second kappa shape index (κ2) is 4.77. The fourth-order valence-corrected chi connectivity index (χ4v) is 1.51. The van der Waals surface area contributed by atoms with Gasteiger partial charge in [-0.1, -0.05) is 6.92 Å². The van der Waals surface area contributed by atoms with Crippen molar-refractivity contribution >= 4 is 6.29 Å². The summed E-state index contributed by atoms with van der Waals surface area (Å²) < 4.78 is 17.9. The third kappa shape index (κ3) is 2.46. The number of carbonyl (C=O) groups is 1. The Morgan fingerprint density at radius 3 is 2.80 bits per heavy atom. The molecule has 3 nitrogen and oxygen atoms in total. The van der Waals surface area contributed by atoms with E-state index in [0.717, 1.165) is 12.4 Å². The number of ether oxygens (including phenoxy) is 1. The van der Waals surface area contributed by atoms with Crippen LogP contribution in [0.25, 0.3) is 0 Å². The second-order valence-corrected chi connectivity index (χ2v) is 3.34. The number of rotatable bonds is 4. The van der Waals surface area contributed by atoms with Crippen molar-refractivity contribution < 1.29 is 19.0 Å². The van der Waals surface area contributed by atoms with Gasteiger partial charge in [-0.25, -0.2) is 4.39 Å². The number of aldehydes is 1. The fourth-order valence-electron chi connectivity index (χ4n) is 1.51. The quantitative estimate of drug-likeness (QED) is 0.778. The molecular formula is C11H13FO3. The molecule has 0 aliphatic rings. The Balaban J connectivity index is 3.19. The number of hydrogen-bond acceptors (Lipinski definition) is 3. The minimum atomic E-state index is -0.564. The molecule has 0 aliphatic heterocycles. The first kappa shape index (κ1) is 11.5. The van der Waals surface area contributed by atoms with Crippen LogP contribution in [0.1, 0.15) is 24.8 Å². The smallest absolute Gasteiger partial charge is 0.130 e. The molecular weight excluding hydrogens is 199 g/mol. The van der Waals surface area contributed by atoms with Gasteiger partial charge in [0.05, 0.1) is 7.11 Å². The molecule has 0 saturated carbocycles. The van der Waals surface area contributed by atoms with Gasteiger partial charge in [0.25, 0.3) is 0 Å². The summed E-state index contributed by atoms with van der Waals surface area (Å²) in [6.45, 7) is 1.77. The number of phenolic OH excluding ortho intramolecular Hbond substituents is 1. The molecule has 0 aliphatic carbocycles. The maximum absolute atomic E-state index is 12.9. The Bertz CT molecular complexity index is 363. The molecule has 0 fully saturated rings. The van der Waals surface area contributed by atoms with Crippen LogP contribution in [0, 0.1) is 5.82 Å². The van der Waals surface area contributed by atoms with E-state index in [9.17, 15) is 14.3 Å². The van der Waals surface area contributed by atoms with Crippen molar-refractivity contribution in [2.75, 3.05) is 7.11 Å². The minimum absolute atomic E-state index is 0.179. The second-order valence-electron chi connectivity index (χ2n) is 3.34. The van der Waals surface area contributed by atoms with Gasteiger partial charge in [0.2, 0.25) is 0 Å². The molecule has 1 unspecified atom stereocenters. The van der Waals surface area contributed by atoms with Crippen LogP contribution < -0.4 is 4.74 Å². The monoisotopic (exact) mass is 212 g/mol. The number of benzene rings is 1. The van der Waals surface area contributed by atoms with Crippen LogP contribution in [0.3, 0.4) is 0 Å². The van der Waals surface area contributed by atoms with Gasteiger partial charge >= 0.3 is 0 Å². The molecule has 0 aromatic heterocycles. The standard InChI is InChI=1S/C11H13FO3/c1-7(3-4-13)11-9(14)5-8(12)6-10(11)15-2/h4-7,14H,3H2,1-2H3. The molecule has 82 valence electrons. The van der Waals surface area contributed by atoms with Crippen molar-refractivity contribution in [3.63, 3.8) is 0 Å². The minimum Gasteiger partial charge on any atom is -0.507 e. The molecule has 1 rings (SSSR count). The van der Waals surface area contributed by atoms with Crippen molar-refractivity contribution in [3.05, 3.63) is 23.5 Å². The van der Waals surface area contributed by atoms with Crippen LogP contribution in [0.2, 0.25) is 0 Å². The largest absolute Gasteiger partial charge is 0.507 e. The third-order valence-electron chi connectivity index (χ3n) is 2.25. The van der Waals surface area contributed by atoms with E-state index < -0.39 is 5.82 Å². The Morgan fingerprint density at radius 2 is 2.27 bits per heavy atom. The van der Waals surface area contributed by atoms with Crippen molar-refractivity contribution in [1.82, 2.24) is 0 Å². The van der Waals surface area contributed by atoms with Gasteiger partial charge in [-0.05, 0) is 5.92 Å². The molecule has 0 amide bonds. The van der Waals surface area contributed by atoms with Gasteiger partial charge in [-0.15, -0.1) is 0 Å². The highest BCUT2D eigenvalue weighted by Crippen LogP contribution is 2.36. The van der Waals surface area contributed by atoms with E-state index in [2.05, 4.69) is 0 Å². The van der Waals surface area contributed by atoms with Gasteiger partial charge in [0.1, 0.15) is 23.6 Å². The molecule has 1 atom stereocenters. The van der Waals surface area contributed by atoms with Crippen LogP contribution in [-0.4, -0.2) is 18.5 Å². The van der Waals surface area contributed by atoms with E-state index in [-0.39, 0.29) is 23.8 Å². The zero-order valence-corrected chi connectivity index (χ0v) is 8.66. The average Bonchev–Trinajstić information content (AvgIpc) is 2.16. The summed E-state index contributed by atoms with van der Waals surface area (Å²) in [4.78, 5) is 10.4. The van der Waals surface area contributed by atoms with Gasteiger partial charge in [-0.2, -0.15) is 0 Å². The van der Waals surface area contributed by atoms with Gasteiger partial charge in [0.15, 0.2) is 0 Å². The molecule has 4 heteroatoms. The molecule has 1 aromatic rings. The Labute approximate surface area is 87.5 Å². The van der Waals surface area contributed by atoms with Crippen molar-refractivity contribution in [2.24, 2.45) is 0 Å². The summed E-state index contributed by atoms with van der Waals surface area (Å²) in [5.74, 6) is -0.674. The number of aromatic hydroxyl groups is 1. The molecule has 0 heterocycles. The van der Waals surface area contributed by atoms with Crippen LogP contribution in [0.15, 0.2) is 12.1 Å². The molecule has 15 heavy (non-hydrogen) atoms. The number of halogens is 1. The third-order valence-corrected chi connectivity index (χ3v) is 2.25. The average molecular weight is 212 g/mol. The van der Waals surface area contributed by atoms with Crippen LogP contribution in [0.5, 0.6) is 11.5 Å². The Hall–Kier alpha value is -1.58. The summed E-state index contributed by atoms with van der Waals surface area (Å²) in [5.41, 5.74) is 0.464. The predicted octanol–water partition coefficient (Wildman–Crippen LogP) is 2.23. The fraction of sp³-hybridized carbons (Fsp3) is 0.364. The predicted molar refractivity (Wildman–Crippen MR) is 53.7 cm³/mol. The summed E-state index contributed by atoms with van der Waals surface area (Å²) in [7, 11) is 1.39. The SMILES string of the molecule is COc1cc(F)cc(O)c1C(C)CC=O. The van der Waals surface area contributed by atoms with Crippen molar-refractivity contribution in [3.8, 4) is 11.5 Å². The van der Waals surface area contributed by atoms with E-state index in [0.29, 0.717) is 5.56 Å². The first-order valence-corrected chi connectivity index (χ1v) is 4.60. The normalized spacial score (nSPS) is 12.2. The lowest BCUT2D eigenvalue weighted by Crippen LogP contribution is -2.00. The molecule has 0 radical (unpaired) electrons. The summed E-state index contributed by atoms with van der Waals surface area (Å²) in [5, 5.41) is 9.56. The molecule has 0 spiro atoms. The Morgan fingerprint density at radius 1 is 1.60 bits per heavy atom. The summed E-state index contributed by atoms with van der Waals surface area (Å²) in [6, 6.07) is 2.20. The maximum Gasteiger partial charge on any atom is 0.130 e. The van der Waals surface area contributed by atoms with E-state index in [4.69, 9.17) is 4.74 Å². The number of hydrogen-bond donors (Lipinski definition) is 1. The Kier molecular flexibility index (Phi) is 3.66. The number of carbonyl (C=O) groups excluding carboxylic acids is 1. The highest BCUT2D eigenvalue weighted by atomic mass is 19.1. The first-order valence-electron chi connectivity index (χ1n) is 4.60. The number of methoxy groups -OCH3 is 1. The zero-order chi connectivity index (χ0) is 11.4. The van der Waals surface area contributed by atoms with Crippen LogP contribution in [0.4, 0.5) is 4.39 Å². The highest BCUT2D eigenvalue weighted by Gasteiger charge is 2.17. The topological polar surface area (TPSA) is 46.5 Å². The van der Waals surface area contributed by atoms with Gasteiger partial charge < -0.3 is 14.6 Å². The van der Waals surface area contributed by atoms with E-state index in [1.165, 1.54) is 13.2 Å². The van der Waals surface area contributed by atoms with E-state index >= 15 is 0 Å². The maximum atomic E-state index is 12.9. The van der Waals surface area contributed by atoms with Crippen LogP contribution >= 0.6 is 0 Å². The van der Waals surface area contributed by atoms with E-state index in [1.807, 2.05) is 0 Å². The lowest BCUT2D eigenvalue weighted by Gasteiger charge is -2.15. The molecule has 1 aromatic carbocycles. The highest BCUT2D eigenvalue weighted by molar-refractivity contribution is 5.55. The lowest BCUT2D eigenvalue weighted by molar-refractivity contribution is -0.108. The van der Waals surface area contributed by atoms with Gasteiger partial charge in [-0.3, -0.25) is 0 Å².